The molecule has 6 aromatic rings. The highest BCUT2D eigenvalue weighted by Gasteiger charge is 2.54. The van der Waals surface area contributed by atoms with Gasteiger partial charge in [0, 0.05) is 115 Å². The Balaban J connectivity index is 0.598. The van der Waals surface area contributed by atoms with Gasteiger partial charge in [-0.25, -0.2) is 17.5 Å². The maximum Gasteiger partial charge on any atom is 0.340 e. The number of nitrogens with two attached hydrogens (primary N) is 1. The first-order chi connectivity index (χ1) is 38.4. The van der Waals surface area contributed by atoms with Crippen LogP contribution in [-0.2, 0) is 36.5 Å². The maximum atomic E-state index is 13.6. The van der Waals surface area contributed by atoms with Crippen molar-refractivity contribution in [1.29, 1.82) is 0 Å². The second-order valence-electron chi connectivity index (χ2n) is 22.1. The van der Waals surface area contributed by atoms with Crippen molar-refractivity contribution in [2.24, 2.45) is 17.1 Å². The molecule has 5 heterocycles. The van der Waals surface area contributed by atoms with Gasteiger partial charge in [0.2, 0.25) is 21.8 Å². The molecule has 2 spiro atoms. The van der Waals surface area contributed by atoms with Crippen LogP contribution in [0.1, 0.15) is 119 Å². The van der Waals surface area contributed by atoms with Gasteiger partial charge in [0.25, 0.3) is 5.91 Å². The Labute approximate surface area is 474 Å². The number of thiocarbonyl (C=S) groups is 1. The van der Waals surface area contributed by atoms with Gasteiger partial charge in [0.15, 0.2) is 5.60 Å². The zero-order chi connectivity index (χ0) is 56.1. The summed E-state index contributed by atoms with van der Waals surface area (Å²) in [6.45, 7) is 4.65. The third-order valence-corrected chi connectivity index (χ3v) is 19.0. The van der Waals surface area contributed by atoms with Crippen LogP contribution >= 0.6 is 23.8 Å². The van der Waals surface area contributed by atoms with Gasteiger partial charge in [-0.15, -0.1) is 0 Å². The summed E-state index contributed by atoms with van der Waals surface area (Å²) in [6.07, 6.45) is 10.8. The minimum Gasteiger partial charge on any atom is -0.508 e. The molecule has 1 saturated carbocycles. The summed E-state index contributed by atoms with van der Waals surface area (Å²) < 4.78 is 40.5. The monoisotopic (exact) mass is 1140 g/mol. The number of rotatable bonds is 17. The number of likely N-dealkylation sites (tertiary alicyclic amines) is 1. The average Bonchev–Trinajstić information content (AvgIpc) is 4.04. The predicted molar refractivity (Wildman–Crippen MR) is 307 cm³/mol. The summed E-state index contributed by atoms with van der Waals surface area (Å²) in [5, 5.41) is 31.1. The van der Waals surface area contributed by atoms with Gasteiger partial charge < -0.3 is 50.8 Å². The molecule has 3 amide bonds. The fourth-order valence-corrected chi connectivity index (χ4v) is 14.0. The third kappa shape index (κ3) is 10.7. The molecule has 80 heavy (non-hydrogen) atoms. The summed E-state index contributed by atoms with van der Waals surface area (Å²) in [6, 6.07) is 25.8. The number of carbonyl (C=O) groups is 4. The molecule has 5 aromatic carbocycles. The highest BCUT2D eigenvalue weighted by Crippen LogP contribution is 2.57. The van der Waals surface area contributed by atoms with Crippen LogP contribution < -0.4 is 26.4 Å². The van der Waals surface area contributed by atoms with Gasteiger partial charge in [0.1, 0.15) is 28.0 Å². The van der Waals surface area contributed by atoms with Crippen molar-refractivity contribution < 1.29 is 47.3 Å². The lowest BCUT2D eigenvalue weighted by Gasteiger charge is -2.51. The number of hydrogen-bond donors (Lipinski definition) is 6. The summed E-state index contributed by atoms with van der Waals surface area (Å²) in [5.41, 5.74) is 11.1. The zero-order valence-corrected chi connectivity index (χ0v) is 46.8. The highest BCUT2D eigenvalue weighted by atomic mass is 35.5. The van der Waals surface area contributed by atoms with E-state index in [0.717, 1.165) is 84.9 Å². The van der Waals surface area contributed by atoms with E-state index >= 15 is 0 Å². The molecule has 20 heteroatoms. The number of amides is 3. The lowest BCUT2D eigenvalue weighted by molar-refractivity contribution is -0.135. The number of nitrogens with one attached hydrogen (secondary N) is 3. The van der Waals surface area contributed by atoms with Crippen LogP contribution in [0.4, 0.5) is 0 Å². The van der Waals surface area contributed by atoms with E-state index in [1.165, 1.54) is 40.9 Å². The summed E-state index contributed by atoms with van der Waals surface area (Å²) in [5.74, 6) is -0.551. The molecule has 418 valence electrons. The van der Waals surface area contributed by atoms with Crippen LogP contribution in [-0.4, -0.2) is 113 Å². The van der Waals surface area contributed by atoms with Crippen LogP contribution in [0.5, 0.6) is 23.0 Å². The Kier molecular flexibility index (Phi) is 15.2. The van der Waals surface area contributed by atoms with Crippen molar-refractivity contribution in [3.05, 3.63) is 141 Å². The molecule has 0 unspecified atom stereocenters. The lowest BCUT2D eigenvalue weighted by Crippen LogP contribution is -2.51. The number of piperidine rings is 2. The van der Waals surface area contributed by atoms with E-state index < -0.39 is 21.6 Å². The first-order valence-electron chi connectivity index (χ1n) is 27.3. The molecule has 3 fully saturated rings. The fraction of sp³-hybridized carbons (Fsp3) is 0.383. The SMILES string of the molecule is CS(=O)(=O)N1CCC(n2cc(-c3cccc(C(N)=S)c3)c3ccc(CNC(=O)C4CC5(CCN(CCNC(=O)CCCCCNC(=O)c6ccc7c(c6)C(=O)OC76c7ccc(O)cc7Oc7cc(O)ccc76)CC5)C4)c(Cl)c32)CC1. The molecule has 0 radical (unpaired) electrons. The van der Waals surface area contributed by atoms with Gasteiger partial charge in [-0.05, 0) is 123 Å². The molecular formula is C60H64ClN7O10S2. The molecule has 1 aliphatic carbocycles. The highest BCUT2D eigenvalue weighted by molar-refractivity contribution is 7.88. The number of ether oxygens (including phenoxy) is 2. The number of nitrogens with zero attached hydrogens (tertiary/aromatic N) is 3. The zero-order valence-electron chi connectivity index (χ0n) is 44.4. The minimum atomic E-state index is -3.30. The van der Waals surface area contributed by atoms with E-state index in [1.807, 2.05) is 36.4 Å². The van der Waals surface area contributed by atoms with Crippen LogP contribution in [0.25, 0.3) is 22.0 Å². The van der Waals surface area contributed by atoms with E-state index in [1.54, 1.807) is 24.3 Å². The number of phenolic OH excluding ortho intramolecular Hbond substituents is 2. The molecule has 7 N–H and O–H groups in total. The van der Waals surface area contributed by atoms with Crippen molar-refractivity contribution in [3.63, 3.8) is 0 Å². The Morgan fingerprint density at radius 3 is 2.19 bits per heavy atom. The number of phenols is 2. The molecule has 17 nitrogen and oxygen atoms in total. The number of unbranched alkanes of at least 4 members (excludes halogenated alkanes) is 2. The smallest absolute Gasteiger partial charge is 0.340 e. The number of fused-ring (bicyclic) bond motifs is 7. The largest absolute Gasteiger partial charge is 0.508 e. The van der Waals surface area contributed by atoms with Crippen molar-refractivity contribution in [3.8, 4) is 34.1 Å². The number of aromatic hydroxyl groups is 2. The van der Waals surface area contributed by atoms with E-state index in [9.17, 15) is 37.8 Å². The molecule has 5 aliphatic rings. The van der Waals surface area contributed by atoms with Crippen molar-refractivity contribution in [2.45, 2.75) is 82.4 Å². The lowest BCUT2D eigenvalue weighted by atomic mass is 9.57. The quantitative estimate of drug-likeness (QED) is 0.0286. The number of carbonyl (C=O) groups excluding carboxylic acids is 4. The Morgan fingerprint density at radius 2 is 1.50 bits per heavy atom. The van der Waals surface area contributed by atoms with Crippen LogP contribution in [0, 0.1) is 11.3 Å². The summed E-state index contributed by atoms with van der Waals surface area (Å²) >= 11 is 12.6. The first kappa shape index (κ1) is 54.9. The number of hydrogen-bond acceptors (Lipinski definition) is 12. The minimum absolute atomic E-state index is 0.00664. The molecule has 11 rings (SSSR count). The topological polar surface area (TPSA) is 235 Å². The Morgan fingerprint density at radius 1 is 0.800 bits per heavy atom. The molecular weight excluding hydrogens is 1080 g/mol. The van der Waals surface area contributed by atoms with Gasteiger partial charge in [-0.2, -0.15) is 0 Å². The standard InChI is InChI=1S/C60H64ClN7O10S2/c1-80(75,76)67-23-17-41(18-24-67)68-35-46(36-6-5-7-37(28-36)55(62)79)44-13-9-39(53(61)54(44)68)34-65-57(73)40-32-59(33-40)19-25-66(26-20-59)27-22-63-52(71)8-3-2-4-21-64-56(72)38-10-14-47-45(29-38)58(74)78-60(47)48-15-11-42(69)30-50(48)77-51-31-43(70)12-16-49(51)60/h5-7,9-16,28-31,35,40-41,69-70H,2-4,8,17-27,32-34H2,1H3,(H2,62,79)(H,63,71)(H,64,72)(H,65,73). The second-order valence-corrected chi connectivity index (χ2v) is 24.9. The van der Waals surface area contributed by atoms with Gasteiger partial charge >= 0.3 is 5.97 Å². The Hall–Kier alpha value is -7.03. The van der Waals surface area contributed by atoms with Gasteiger partial charge in [-0.1, -0.05) is 66.6 Å². The van der Waals surface area contributed by atoms with Crippen LogP contribution in [0.3, 0.4) is 0 Å². The molecule has 4 aliphatic heterocycles. The van der Waals surface area contributed by atoms with Crippen molar-refractivity contribution in [1.82, 2.24) is 29.7 Å². The third-order valence-electron chi connectivity index (χ3n) is 17.0. The Bertz CT molecular complexity index is 3530. The predicted octanol–water partition coefficient (Wildman–Crippen LogP) is 8.39. The van der Waals surface area contributed by atoms with Crippen molar-refractivity contribution >= 4 is 73.4 Å². The van der Waals surface area contributed by atoms with Gasteiger partial charge in [0.05, 0.1) is 22.4 Å². The van der Waals surface area contributed by atoms with Gasteiger partial charge in [-0.3, -0.25) is 14.4 Å². The average molecular weight is 1140 g/mol. The number of sulfonamides is 1. The number of halogens is 1. The van der Waals surface area contributed by atoms with E-state index in [0.29, 0.717) is 90.5 Å². The second kappa shape index (κ2) is 22.1. The fourth-order valence-electron chi connectivity index (χ4n) is 12.6. The van der Waals surface area contributed by atoms with Crippen LogP contribution in [0.2, 0.25) is 5.02 Å². The maximum absolute atomic E-state index is 13.6. The van der Waals surface area contributed by atoms with E-state index in [4.69, 9.17) is 39.0 Å². The number of benzene rings is 5. The number of esters is 1. The van der Waals surface area contributed by atoms with E-state index in [-0.39, 0.29) is 70.2 Å². The molecule has 2 saturated heterocycles. The summed E-state index contributed by atoms with van der Waals surface area (Å²) in [4.78, 5) is 55.8. The van der Waals surface area contributed by atoms with E-state index in [2.05, 4.69) is 31.6 Å². The normalized spacial score (nSPS) is 17.7. The summed E-state index contributed by atoms with van der Waals surface area (Å²) in [7, 11) is -3.30. The number of aromatic nitrogens is 1. The first-order valence-corrected chi connectivity index (χ1v) is 30.0. The molecule has 0 atom stereocenters. The molecule has 1 aromatic heterocycles. The van der Waals surface area contributed by atoms with Crippen molar-refractivity contribution in [2.75, 3.05) is 52.1 Å². The molecule has 0 bridgehead atoms. The van der Waals surface area contributed by atoms with Crippen LogP contribution in [0.15, 0.2) is 97.2 Å².